The van der Waals surface area contributed by atoms with E-state index in [0.29, 0.717) is 11.8 Å². The van der Waals surface area contributed by atoms with E-state index in [9.17, 15) is 5.11 Å². The van der Waals surface area contributed by atoms with Crippen LogP contribution in [0.25, 0.3) is 0 Å². The third kappa shape index (κ3) is 10.8. The summed E-state index contributed by atoms with van der Waals surface area (Å²) in [6.45, 7) is 9.09. The molecular weight excluding hydrogens is 212 g/mol. The Balaban J connectivity index is 3.61. The standard InChI is InChI=1S/C15H32O2/c1-12(2)6-5-7-13(3)10-15(17)11-14(4)8-9-16/h12-17H,5-11H2,1-4H3. The van der Waals surface area contributed by atoms with Gasteiger partial charge < -0.3 is 10.2 Å². The smallest absolute Gasteiger partial charge is 0.0545 e. The molecule has 0 aliphatic carbocycles. The maximum atomic E-state index is 9.94. The lowest BCUT2D eigenvalue weighted by Crippen LogP contribution is -2.16. The molecule has 0 aromatic heterocycles. The summed E-state index contributed by atoms with van der Waals surface area (Å²) in [5.74, 6) is 1.83. The lowest BCUT2D eigenvalue weighted by atomic mass is 9.91. The molecule has 0 spiro atoms. The summed E-state index contributed by atoms with van der Waals surface area (Å²) in [5, 5.41) is 18.8. The Bertz CT molecular complexity index is 168. The highest BCUT2D eigenvalue weighted by Gasteiger charge is 2.13. The minimum Gasteiger partial charge on any atom is -0.396 e. The maximum absolute atomic E-state index is 9.94. The molecule has 0 aliphatic heterocycles. The average molecular weight is 244 g/mol. The van der Waals surface area contributed by atoms with Crippen molar-refractivity contribution >= 4 is 0 Å². The summed E-state index contributed by atoms with van der Waals surface area (Å²) in [4.78, 5) is 0. The zero-order valence-corrected chi connectivity index (χ0v) is 12.2. The van der Waals surface area contributed by atoms with E-state index in [-0.39, 0.29) is 12.7 Å². The first kappa shape index (κ1) is 16.9. The van der Waals surface area contributed by atoms with Gasteiger partial charge in [0.1, 0.15) is 0 Å². The summed E-state index contributed by atoms with van der Waals surface area (Å²) in [6.07, 6.45) is 6.15. The molecule has 0 radical (unpaired) electrons. The molecule has 0 heterocycles. The predicted molar refractivity (Wildman–Crippen MR) is 74.0 cm³/mol. The Labute approximate surface area is 107 Å². The van der Waals surface area contributed by atoms with Crippen molar-refractivity contribution in [2.45, 2.75) is 72.3 Å². The second kappa shape index (κ2) is 9.90. The third-order valence-electron chi connectivity index (χ3n) is 3.45. The fraction of sp³-hybridized carbons (Fsp3) is 1.00. The van der Waals surface area contributed by atoms with Crippen LogP contribution >= 0.6 is 0 Å². The van der Waals surface area contributed by atoms with E-state index in [1.807, 2.05) is 0 Å². The number of aliphatic hydroxyl groups excluding tert-OH is 2. The first-order valence-corrected chi connectivity index (χ1v) is 7.24. The first-order valence-electron chi connectivity index (χ1n) is 7.24. The second-order valence-electron chi connectivity index (χ2n) is 6.17. The number of hydrogen-bond donors (Lipinski definition) is 2. The molecule has 0 amide bonds. The van der Waals surface area contributed by atoms with Crippen LogP contribution in [0.4, 0.5) is 0 Å². The minimum absolute atomic E-state index is 0.189. The topological polar surface area (TPSA) is 40.5 Å². The Hall–Kier alpha value is -0.0800. The van der Waals surface area contributed by atoms with Crippen molar-refractivity contribution in [1.82, 2.24) is 0 Å². The quantitative estimate of drug-likeness (QED) is 0.616. The summed E-state index contributed by atoms with van der Waals surface area (Å²) in [7, 11) is 0. The van der Waals surface area contributed by atoms with E-state index >= 15 is 0 Å². The Morgan fingerprint density at radius 2 is 1.35 bits per heavy atom. The molecule has 0 bridgehead atoms. The molecule has 17 heavy (non-hydrogen) atoms. The molecule has 0 rings (SSSR count). The third-order valence-corrected chi connectivity index (χ3v) is 3.45. The minimum atomic E-state index is -0.189. The van der Waals surface area contributed by atoms with Crippen LogP contribution in [-0.2, 0) is 0 Å². The lowest BCUT2D eigenvalue weighted by Gasteiger charge is -2.19. The highest BCUT2D eigenvalue weighted by Crippen LogP contribution is 2.20. The van der Waals surface area contributed by atoms with Gasteiger partial charge in [-0.2, -0.15) is 0 Å². The van der Waals surface area contributed by atoms with E-state index in [1.165, 1.54) is 19.3 Å². The monoisotopic (exact) mass is 244 g/mol. The fourth-order valence-electron chi connectivity index (χ4n) is 2.36. The van der Waals surface area contributed by atoms with Gasteiger partial charge in [0.15, 0.2) is 0 Å². The molecule has 0 saturated carbocycles. The van der Waals surface area contributed by atoms with Crippen molar-refractivity contribution in [2.24, 2.45) is 17.8 Å². The van der Waals surface area contributed by atoms with Crippen LogP contribution in [0, 0.1) is 17.8 Å². The molecule has 2 heteroatoms. The molecule has 0 aromatic carbocycles. The molecule has 0 fully saturated rings. The van der Waals surface area contributed by atoms with Crippen molar-refractivity contribution in [3.05, 3.63) is 0 Å². The molecule has 0 saturated heterocycles. The largest absolute Gasteiger partial charge is 0.396 e. The molecule has 3 atom stereocenters. The molecule has 0 aliphatic rings. The fourth-order valence-corrected chi connectivity index (χ4v) is 2.36. The van der Waals surface area contributed by atoms with Gasteiger partial charge in [0.2, 0.25) is 0 Å². The average Bonchev–Trinajstić information content (AvgIpc) is 2.16. The van der Waals surface area contributed by atoms with Gasteiger partial charge >= 0.3 is 0 Å². The second-order valence-corrected chi connectivity index (χ2v) is 6.17. The van der Waals surface area contributed by atoms with E-state index in [4.69, 9.17) is 5.11 Å². The van der Waals surface area contributed by atoms with Crippen molar-refractivity contribution in [3.8, 4) is 0 Å². The van der Waals surface area contributed by atoms with Crippen LogP contribution < -0.4 is 0 Å². The normalized spacial score (nSPS) is 17.1. The van der Waals surface area contributed by atoms with Crippen molar-refractivity contribution in [1.29, 1.82) is 0 Å². The Kier molecular flexibility index (Phi) is 9.85. The van der Waals surface area contributed by atoms with Crippen molar-refractivity contribution in [3.63, 3.8) is 0 Å². The van der Waals surface area contributed by atoms with E-state index in [2.05, 4.69) is 27.7 Å². The van der Waals surface area contributed by atoms with E-state index in [1.54, 1.807) is 0 Å². The first-order chi connectivity index (χ1) is 7.95. The zero-order valence-electron chi connectivity index (χ0n) is 12.2. The highest BCUT2D eigenvalue weighted by atomic mass is 16.3. The van der Waals surface area contributed by atoms with Gasteiger partial charge in [-0.25, -0.2) is 0 Å². The zero-order chi connectivity index (χ0) is 13.3. The SMILES string of the molecule is CC(C)CCCC(C)CC(O)CC(C)CCO. The summed E-state index contributed by atoms with van der Waals surface area (Å²) in [6, 6.07) is 0. The molecule has 2 N–H and O–H groups in total. The van der Waals surface area contributed by atoms with Crippen molar-refractivity contribution < 1.29 is 10.2 Å². The number of rotatable bonds is 10. The van der Waals surface area contributed by atoms with Crippen molar-refractivity contribution in [2.75, 3.05) is 6.61 Å². The van der Waals surface area contributed by atoms with Gasteiger partial charge in [-0.1, -0.05) is 47.0 Å². The predicted octanol–water partition coefficient (Wildman–Crippen LogP) is 3.61. The van der Waals surface area contributed by atoms with Gasteiger partial charge in [-0.3, -0.25) is 0 Å². The van der Waals surface area contributed by atoms with Gasteiger partial charge in [0.25, 0.3) is 0 Å². The molecule has 3 unspecified atom stereocenters. The summed E-state index contributed by atoms with van der Waals surface area (Å²) < 4.78 is 0. The molecule has 104 valence electrons. The van der Waals surface area contributed by atoms with Crippen LogP contribution in [0.5, 0.6) is 0 Å². The summed E-state index contributed by atoms with van der Waals surface area (Å²) >= 11 is 0. The molecular formula is C15H32O2. The lowest BCUT2D eigenvalue weighted by molar-refractivity contribution is 0.110. The van der Waals surface area contributed by atoms with Crippen LogP contribution in [-0.4, -0.2) is 22.9 Å². The van der Waals surface area contributed by atoms with Gasteiger partial charge in [0.05, 0.1) is 6.10 Å². The van der Waals surface area contributed by atoms with Gasteiger partial charge in [0, 0.05) is 6.61 Å². The molecule has 0 aromatic rings. The number of hydrogen-bond acceptors (Lipinski definition) is 2. The van der Waals surface area contributed by atoms with Gasteiger partial charge in [-0.15, -0.1) is 0 Å². The Morgan fingerprint density at radius 3 is 1.82 bits per heavy atom. The van der Waals surface area contributed by atoms with Crippen LogP contribution in [0.15, 0.2) is 0 Å². The van der Waals surface area contributed by atoms with Crippen LogP contribution in [0.3, 0.4) is 0 Å². The summed E-state index contributed by atoms with van der Waals surface area (Å²) in [5.41, 5.74) is 0. The molecule has 2 nitrogen and oxygen atoms in total. The van der Waals surface area contributed by atoms with E-state index in [0.717, 1.165) is 25.2 Å². The highest BCUT2D eigenvalue weighted by molar-refractivity contribution is 4.66. The maximum Gasteiger partial charge on any atom is 0.0545 e. The van der Waals surface area contributed by atoms with Crippen LogP contribution in [0.2, 0.25) is 0 Å². The van der Waals surface area contributed by atoms with Gasteiger partial charge in [-0.05, 0) is 37.0 Å². The van der Waals surface area contributed by atoms with Crippen LogP contribution in [0.1, 0.15) is 66.2 Å². The Morgan fingerprint density at radius 1 is 0.824 bits per heavy atom. The number of aliphatic hydroxyl groups is 2. The van der Waals surface area contributed by atoms with E-state index < -0.39 is 0 Å².